The average Bonchev–Trinajstić information content (AvgIpc) is 2.55. The van der Waals surface area contributed by atoms with Crippen molar-refractivity contribution in [3.63, 3.8) is 0 Å². The van der Waals surface area contributed by atoms with Gasteiger partial charge >= 0.3 is 0 Å². The van der Waals surface area contributed by atoms with Gasteiger partial charge in [-0.3, -0.25) is 4.68 Å². The molecule has 0 bridgehead atoms. The molecule has 5 heteroatoms. The Balaban J connectivity index is 2.81. The Kier molecular flexibility index (Phi) is 5.33. The molecule has 0 aliphatic rings. The number of rotatable bonds is 6. The molecule has 0 aromatic carbocycles. The second-order valence-corrected chi connectivity index (χ2v) is 5.57. The minimum Gasteiger partial charge on any atom is -0.308 e. The zero-order valence-corrected chi connectivity index (χ0v) is 12.5. The van der Waals surface area contributed by atoms with E-state index in [-0.39, 0.29) is 11.7 Å². The Morgan fingerprint density at radius 1 is 1.59 bits per heavy atom. The number of hydrogen-bond acceptors (Lipinski definition) is 3. The van der Waals surface area contributed by atoms with Crippen molar-refractivity contribution in [2.24, 2.45) is 0 Å². The summed E-state index contributed by atoms with van der Waals surface area (Å²) < 4.78 is 2.97. The highest BCUT2D eigenvalue weighted by molar-refractivity contribution is 9.10. The summed E-state index contributed by atoms with van der Waals surface area (Å²) >= 11 is 3.51. The highest BCUT2D eigenvalue weighted by atomic mass is 79.9. The SMILES string of the molecule is CC(=O)CC(C)c1c(Br)cnn1CCN(C)C. The molecule has 1 aromatic rings. The first kappa shape index (κ1) is 14.4. The lowest BCUT2D eigenvalue weighted by Gasteiger charge is -2.16. The van der Waals surface area contributed by atoms with E-state index in [2.05, 4.69) is 32.9 Å². The van der Waals surface area contributed by atoms with Crippen molar-refractivity contribution in [2.75, 3.05) is 20.6 Å². The van der Waals surface area contributed by atoms with E-state index in [0.717, 1.165) is 23.3 Å². The van der Waals surface area contributed by atoms with Crippen LogP contribution in [0.15, 0.2) is 10.7 Å². The van der Waals surface area contributed by atoms with Gasteiger partial charge in [0, 0.05) is 18.9 Å². The molecule has 0 saturated carbocycles. The topological polar surface area (TPSA) is 38.1 Å². The maximum absolute atomic E-state index is 11.2. The summed E-state index contributed by atoms with van der Waals surface area (Å²) in [5.74, 6) is 0.413. The summed E-state index contributed by atoms with van der Waals surface area (Å²) in [4.78, 5) is 13.3. The molecule has 1 heterocycles. The van der Waals surface area contributed by atoms with Gasteiger partial charge in [-0.05, 0) is 36.9 Å². The van der Waals surface area contributed by atoms with Crippen LogP contribution in [0.2, 0.25) is 0 Å². The zero-order chi connectivity index (χ0) is 13.0. The molecule has 17 heavy (non-hydrogen) atoms. The summed E-state index contributed by atoms with van der Waals surface area (Å²) in [6.45, 7) is 5.48. The van der Waals surface area contributed by atoms with Gasteiger partial charge in [0.1, 0.15) is 5.78 Å². The van der Waals surface area contributed by atoms with Gasteiger partial charge in [-0.1, -0.05) is 6.92 Å². The summed E-state index contributed by atoms with van der Waals surface area (Å²) in [5.41, 5.74) is 1.11. The van der Waals surface area contributed by atoms with E-state index in [4.69, 9.17) is 0 Å². The first-order valence-electron chi connectivity index (χ1n) is 5.77. The van der Waals surface area contributed by atoms with Crippen molar-refractivity contribution in [2.45, 2.75) is 32.7 Å². The van der Waals surface area contributed by atoms with E-state index in [1.165, 1.54) is 0 Å². The van der Waals surface area contributed by atoms with Crippen molar-refractivity contribution in [3.05, 3.63) is 16.4 Å². The second-order valence-electron chi connectivity index (χ2n) is 4.71. The summed E-state index contributed by atoms with van der Waals surface area (Å²) in [6.07, 6.45) is 2.37. The molecule has 1 atom stereocenters. The zero-order valence-electron chi connectivity index (χ0n) is 10.9. The fraction of sp³-hybridized carbons (Fsp3) is 0.667. The molecule has 4 nitrogen and oxygen atoms in total. The van der Waals surface area contributed by atoms with E-state index in [1.807, 2.05) is 25.0 Å². The van der Waals surface area contributed by atoms with E-state index in [1.54, 1.807) is 6.92 Å². The quantitative estimate of drug-likeness (QED) is 0.809. The summed E-state index contributed by atoms with van der Waals surface area (Å²) in [5, 5.41) is 4.35. The van der Waals surface area contributed by atoms with Crippen LogP contribution in [0.25, 0.3) is 0 Å². The van der Waals surface area contributed by atoms with E-state index < -0.39 is 0 Å². The lowest BCUT2D eigenvalue weighted by atomic mass is 10.0. The number of nitrogens with zero attached hydrogens (tertiary/aromatic N) is 3. The van der Waals surface area contributed by atoms with Gasteiger partial charge in [0.25, 0.3) is 0 Å². The highest BCUT2D eigenvalue weighted by Crippen LogP contribution is 2.27. The van der Waals surface area contributed by atoms with Crippen molar-refractivity contribution < 1.29 is 4.79 Å². The first-order chi connectivity index (χ1) is 7.91. The van der Waals surface area contributed by atoms with Gasteiger partial charge in [-0.2, -0.15) is 5.10 Å². The Morgan fingerprint density at radius 3 is 2.76 bits per heavy atom. The number of carbonyl (C=O) groups is 1. The molecule has 0 fully saturated rings. The first-order valence-corrected chi connectivity index (χ1v) is 6.56. The van der Waals surface area contributed by atoms with Gasteiger partial charge in [0.15, 0.2) is 0 Å². The number of Topliss-reactive ketones (excluding diaryl/α,β-unsaturated/α-hetero) is 1. The number of likely N-dealkylation sites (N-methyl/N-ethyl adjacent to an activating group) is 1. The van der Waals surface area contributed by atoms with Gasteiger partial charge in [-0.15, -0.1) is 0 Å². The fourth-order valence-electron chi connectivity index (χ4n) is 1.86. The van der Waals surface area contributed by atoms with Crippen LogP contribution in [0, 0.1) is 0 Å². The Morgan fingerprint density at radius 2 is 2.24 bits per heavy atom. The number of hydrogen-bond donors (Lipinski definition) is 0. The van der Waals surface area contributed by atoms with Gasteiger partial charge < -0.3 is 9.69 Å². The Labute approximate surface area is 111 Å². The molecule has 1 rings (SSSR count). The number of aromatic nitrogens is 2. The number of ketones is 1. The Bertz CT molecular complexity index is 387. The predicted molar refractivity (Wildman–Crippen MR) is 72.2 cm³/mol. The average molecular weight is 302 g/mol. The molecular formula is C12H20BrN3O. The van der Waals surface area contributed by atoms with Crippen molar-refractivity contribution in [3.8, 4) is 0 Å². The maximum Gasteiger partial charge on any atom is 0.130 e. The molecular weight excluding hydrogens is 282 g/mol. The van der Waals surface area contributed by atoms with Crippen LogP contribution >= 0.6 is 15.9 Å². The Hall–Kier alpha value is -0.680. The molecule has 1 unspecified atom stereocenters. The molecule has 0 radical (unpaired) electrons. The van der Waals surface area contributed by atoms with Crippen molar-refractivity contribution in [1.82, 2.24) is 14.7 Å². The predicted octanol–water partition coefficient (Wildman–Crippen LogP) is 2.29. The van der Waals surface area contributed by atoms with Gasteiger partial charge in [-0.25, -0.2) is 0 Å². The molecule has 96 valence electrons. The van der Waals surface area contributed by atoms with Crippen LogP contribution in [-0.2, 0) is 11.3 Å². The van der Waals surface area contributed by atoms with E-state index >= 15 is 0 Å². The van der Waals surface area contributed by atoms with Gasteiger partial charge in [0.05, 0.1) is 22.9 Å². The normalized spacial score (nSPS) is 13.1. The van der Waals surface area contributed by atoms with Crippen LogP contribution in [0.1, 0.15) is 31.9 Å². The van der Waals surface area contributed by atoms with Crippen molar-refractivity contribution in [1.29, 1.82) is 0 Å². The standard InChI is InChI=1S/C12H20BrN3O/c1-9(7-10(2)17)12-11(13)8-14-16(12)6-5-15(3)4/h8-9H,5-7H2,1-4H3. The van der Waals surface area contributed by atoms with Crippen LogP contribution in [-0.4, -0.2) is 41.1 Å². The molecule has 1 aromatic heterocycles. The van der Waals surface area contributed by atoms with Crippen molar-refractivity contribution >= 4 is 21.7 Å². The van der Waals surface area contributed by atoms with Crippen LogP contribution in [0.5, 0.6) is 0 Å². The third-order valence-electron chi connectivity index (χ3n) is 2.65. The summed E-state index contributed by atoms with van der Waals surface area (Å²) in [6, 6.07) is 0. The largest absolute Gasteiger partial charge is 0.308 e. The minimum absolute atomic E-state index is 0.200. The lowest BCUT2D eigenvalue weighted by molar-refractivity contribution is -0.117. The molecule has 0 amide bonds. The van der Waals surface area contributed by atoms with E-state index in [0.29, 0.717) is 6.42 Å². The van der Waals surface area contributed by atoms with Crippen LogP contribution in [0.4, 0.5) is 0 Å². The minimum atomic E-state index is 0.200. The smallest absolute Gasteiger partial charge is 0.130 e. The monoisotopic (exact) mass is 301 g/mol. The molecule has 0 aliphatic carbocycles. The van der Waals surface area contributed by atoms with E-state index in [9.17, 15) is 4.79 Å². The maximum atomic E-state index is 11.2. The summed E-state index contributed by atoms with van der Waals surface area (Å²) in [7, 11) is 4.08. The molecule has 0 saturated heterocycles. The third kappa shape index (κ3) is 4.24. The van der Waals surface area contributed by atoms with Gasteiger partial charge in [0.2, 0.25) is 0 Å². The highest BCUT2D eigenvalue weighted by Gasteiger charge is 2.17. The fourth-order valence-corrected chi connectivity index (χ4v) is 2.55. The molecule has 0 N–H and O–H groups in total. The molecule has 0 spiro atoms. The third-order valence-corrected chi connectivity index (χ3v) is 3.26. The second kappa shape index (κ2) is 6.31. The molecule has 0 aliphatic heterocycles. The van der Waals surface area contributed by atoms with Crippen LogP contribution in [0.3, 0.4) is 0 Å². The van der Waals surface area contributed by atoms with Crippen LogP contribution < -0.4 is 0 Å². The number of halogens is 1. The number of carbonyl (C=O) groups excluding carboxylic acids is 1. The lowest BCUT2D eigenvalue weighted by Crippen LogP contribution is -2.21.